The molecule has 0 unspecified atom stereocenters. The lowest BCUT2D eigenvalue weighted by molar-refractivity contribution is -0.118. The summed E-state index contributed by atoms with van der Waals surface area (Å²) in [5, 5.41) is 14.0. The quantitative estimate of drug-likeness (QED) is 0.704. The second-order valence-electron chi connectivity index (χ2n) is 6.66. The number of anilines is 3. The predicted octanol–water partition coefficient (Wildman–Crippen LogP) is 4.42. The Kier molecular flexibility index (Phi) is 4.81. The number of rotatable bonds is 4. The van der Waals surface area contributed by atoms with Crippen LogP contribution in [0.5, 0.6) is 5.88 Å². The molecule has 0 saturated heterocycles. The molecule has 1 amide bonds. The van der Waals surface area contributed by atoms with Crippen LogP contribution in [-0.4, -0.2) is 22.5 Å². The Hall–Kier alpha value is -2.86. The molecular weight excluding hydrogens is 358 g/mol. The highest BCUT2D eigenvalue weighted by Crippen LogP contribution is 2.33. The van der Waals surface area contributed by atoms with Crippen LogP contribution in [0.4, 0.5) is 16.5 Å². The molecule has 2 heterocycles. The molecular formula is C21H21N3O2S. The maximum absolute atomic E-state index is 12.9. The fraction of sp³-hybridized carbons (Fsp3) is 0.238. The fourth-order valence-electron chi connectivity index (χ4n) is 3.37. The van der Waals surface area contributed by atoms with E-state index in [1.54, 1.807) is 0 Å². The molecule has 0 atom stereocenters. The van der Waals surface area contributed by atoms with Crippen LogP contribution < -0.4 is 10.2 Å². The average molecular weight is 379 g/mol. The minimum atomic E-state index is -0.0743. The van der Waals surface area contributed by atoms with Gasteiger partial charge in [0.05, 0.1) is 11.3 Å². The molecule has 5 nitrogen and oxygen atoms in total. The van der Waals surface area contributed by atoms with Gasteiger partial charge in [0.25, 0.3) is 0 Å². The Morgan fingerprint density at radius 1 is 1.22 bits per heavy atom. The van der Waals surface area contributed by atoms with Gasteiger partial charge in [-0.3, -0.25) is 4.79 Å². The van der Waals surface area contributed by atoms with Gasteiger partial charge in [0.2, 0.25) is 11.8 Å². The molecule has 6 heteroatoms. The molecule has 0 spiro atoms. The lowest BCUT2D eigenvalue weighted by Crippen LogP contribution is -2.36. The third kappa shape index (κ3) is 3.66. The molecule has 2 aromatic carbocycles. The van der Waals surface area contributed by atoms with Crippen molar-refractivity contribution in [2.75, 3.05) is 16.8 Å². The van der Waals surface area contributed by atoms with E-state index < -0.39 is 0 Å². The summed E-state index contributed by atoms with van der Waals surface area (Å²) in [4.78, 5) is 19.5. The second kappa shape index (κ2) is 7.40. The van der Waals surface area contributed by atoms with Gasteiger partial charge in [-0.25, -0.2) is 0 Å². The summed E-state index contributed by atoms with van der Waals surface area (Å²) in [6, 6.07) is 15.9. The number of hydrogen-bond acceptors (Lipinski definition) is 5. The normalized spacial score (nSPS) is 13.3. The zero-order chi connectivity index (χ0) is 18.8. The Morgan fingerprint density at radius 2 is 2.00 bits per heavy atom. The maximum Gasteiger partial charge on any atom is 0.232 e. The maximum atomic E-state index is 12.9. The first-order valence-corrected chi connectivity index (χ1v) is 9.83. The number of nitrogens with zero attached hydrogens (tertiary/aromatic N) is 2. The van der Waals surface area contributed by atoms with Gasteiger partial charge in [0.15, 0.2) is 5.13 Å². The number of carbonyl (C=O) groups excluding carboxylic acids is 1. The molecule has 4 rings (SSSR count). The number of para-hydroxylation sites is 2. The van der Waals surface area contributed by atoms with Crippen molar-refractivity contribution in [2.24, 2.45) is 0 Å². The van der Waals surface area contributed by atoms with Gasteiger partial charge in [0.1, 0.15) is 0 Å². The molecule has 2 N–H and O–H groups in total. The van der Waals surface area contributed by atoms with Crippen molar-refractivity contribution in [2.45, 2.75) is 26.2 Å². The number of aromatic hydroxyl groups is 1. The minimum Gasteiger partial charge on any atom is -0.492 e. The van der Waals surface area contributed by atoms with E-state index >= 15 is 0 Å². The standard InChI is InChI=1S/C21H21N3O2S/c1-14-7-2-4-10-16(14)22-21-23-20(26)18(27-21)13-19(25)24-12-6-9-15-8-3-5-11-17(15)24/h2-5,7-8,10-11,26H,6,9,12-13H2,1H3,(H,22,23). The van der Waals surface area contributed by atoms with Crippen LogP contribution >= 0.6 is 11.3 Å². The number of aromatic nitrogens is 1. The first kappa shape index (κ1) is 17.5. The van der Waals surface area contributed by atoms with Gasteiger partial charge in [-0.2, -0.15) is 4.98 Å². The van der Waals surface area contributed by atoms with Gasteiger partial charge >= 0.3 is 0 Å². The van der Waals surface area contributed by atoms with Gasteiger partial charge in [0, 0.05) is 17.9 Å². The summed E-state index contributed by atoms with van der Waals surface area (Å²) in [5.74, 6) is -0.0849. The van der Waals surface area contributed by atoms with Crippen LogP contribution in [0.25, 0.3) is 0 Å². The van der Waals surface area contributed by atoms with Gasteiger partial charge in [-0.1, -0.05) is 47.7 Å². The number of nitrogens with one attached hydrogen (secondary N) is 1. The monoisotopic (exact) mass is 379 g/mol. The van der Waals surface area contributed by atoms with Gasteiger partial charge in [-0.15, -0.1) is 0 Å². The Labute approximate surface area is 162 Å². The number of fused-ring (bicyclic) bond motifs is 1. The summed E-state index contributed by atoms with van der Waals surface area (Å²) in [6.45, 7) is 2.72. The molecule has 138 valence electrons. The lowest BCUT2D eigenvalue weighted by Gasteiger charge is -2.29. The SMILES string of the molecule is Cc1ccccc1Nc1nc(O)c(CC(=O)N2CCCc3ccccc32)s1. The first-order chi connectivity index (χ1) is 13.1. The zero-order valence-electron chi connectivity index (χ0n) is 15.1. The van der Waals surface area contributed by atoms with E-state index in [4.69, 9.17) is 0 Å². The molecule has 0 saturated carbocycles. The van der Waals surface area contributed by atoms with Crippen LogP contribution in [0.15, 0.2) is 48.5 Å². The lowest BCUT2D eigenvalue weighted by atomic mass is 10.0. The number of amides is 1. The molecule has 1 aliphatic rings. The van der Waals surface area contributed by atoms with Crippen LogP contribution in [0.1, 0.15) is 22.4 Å². The zero-order valence-corrected chi connectivity index (χ0v) is 15.9. The van der Waals surface area contributed by atoms with Crippen molar-refractivity contribution in [3.63, 3.8) is 0 Å². The van der Waals surface area contributed by atoms with Crippen molar-refractivity contribution < 1.29 is 9.90 Å². The number of thiazole rings is 1. The van der Waals surface area contributed by atoms with Gasteiger partial charge in [-0.05, 0) is 43.0 Å². The summed E-state index contributed by atoms with van der Waals surface area (Å²) < 4.78 is 0. The molecule has 0 bridgehead atoms. The second-order valence-corrected chi connectivity index (χ2v) is 7.74. The third-order valence-corrected chi connectivity index (χ3v) is 5.75. The molecule has 3 aromatic rings. The predicted molar refractivity (Wildman–Crippen MR) is 109 cm³/mol. The van der Waals surface area contributed by atoms with Crippen LogP contribution in [-0.2, 0) is 17.6 Å². The number of benzene rings is 2. The Balaban J connectivity index is 1.51. The third-order valence-electron chi connectivity index (χ3n) is 4.79. The van der Waals surface area contributed by atoms with E-state index in [-0.39, 0.29) is 18.2 Å². The summed E-state index contributed by atoms with van der Waals surface area (Å²) >= 11 is 1.32. The van der Waals surface area contributed by atoms with E-state index in [0.717, 1.165) is 29.8 Å². The highest BCUT2D eigenvalue weighted by atomic mass is 32.1. The smallest absolute Gasteiger partial charge is 0.232 e. The first-order valence-electron chi connectivity index (χ1n) is 9.01. The van der Waals surface area contributed by atoms with Crippen molar-refractivity contribution in [1.29, 1.82) is 0 Å². The average Bonchev–Trinajstić information content (AvgIpc) is 3.02. The van der Waals surface area contributed by atoms with Crippen LogP contribution in [0, 0.1) is 6.92 Å². The molecule has 0 radical (unpaired) electrons. The fourth-order valence-corrected chi connectivity index (χ4v) is 4.23. The molecule has 1 aliphatic heterocycles. The number of aryl methyl sites for hydroxylation is 2. The molecule has 27 heavy (non-hydrogen) atoms. The van der Waals surface area contributed by atoms with Crippen LogP contribution in [0.3, 0.4) is 0 Å². The summed E-state index contributed by atoms with van der Waals surface area (Å²) in [6.07, 6.45) is 2.10. The highest BCUT2D eigenvalue weighted by Gasteiger charge is 2.24. The largest absolute Gasteiger partial charge is 0.492 e. The Morgan fingerprint density at radius 3 is 2.85 bits per heavy atom. The molecule has 1 aromatic heterocycles. The molecule has 0 aliphatic carbocycles. The highest BCUT2D eigenvalue weighted by molar-refractivity contribution is 7.16. The number of hydrogen-bond donors (Lipinski definition) is 2. The minimum absolute atomic E-state index is 0.0106. The van der Waals surface area contributed by atoms with Crippen molar-refractivity contribution in [3.05, 3.63) is 64.5 Å². The number of carbonyl (C=O) groups is 1. The van der Waals surface area contributed by atoms with Crippen molar-refractivity contribution >= 4 is 33.8 Å². The van der Waals surface area contributed by atoms with E-state index in [2.05, 4.69) is 16.4 Å². The molecule has 0 fully saturated rings. The summed E-state index contributed by atoms with van der Waals surface area (Å²) in [5.41, 5.74) is 4.22. The summed E-state index contributed by atoms with van der Waals surface area (Å²) in [7, 11) is 0. The van der Waals surface area contributed by atoms with Crippen LogP contribution in [0.2, 0.25) is 0 Å². The van der Waals surface area contributed by atoms with E-state index in [1.165, 1.54) is 16.9 Å². The van der Waals surface area contributed by atoms with Crippen molar-refractivity contribution in [3.8, 4) is 5.88 Å². The topological polar surface area (TPSA) is 65.5 Å². The van der Waals surface area contributed by atoms with E-state index in [9.17, 15) is 9.90 Å². The van der Waals surface area contributed by atoms with Crippen molar-refractivity contribution in [1.82, 2.24) is 4.98 Å². The van der Waals surface area contributed by atoms with E-state index in [1.807, 2.05) is 54.3 Å². The van der Waals surface area contributed by atoms with Gasteiger partial charge < -0.3 is 15.3 Å². The Bertz CT molecular complexity index is 983. The van der Waals surface area contributed by atoms with E-state index in [0.29, 0.717) is 16.6 Å².